The highest BCUT2D eigenvalue weighted by Crippen LogP contribution is 2.13. The van der Waals surface area contributed by atoms with E-state index < -0.39 is 6.04 Å². The Bertz CT molecular complexity index is 446. The highest BCUT2D eigenvalue weighted by Gasteiger charge is 2.13. The van der Waals surface area contributed by atoms with Crippen molar-refractivity contribution in [3.8, 4) is 0 Å². The second kappa shape index (κ2) is 6.41. The number of thiocarbonyl (C=S) groups is 1. The Morgan fingerprint density at radius 3 is 2.53 bits per heavy atom. The third-order valence-corrected chi connectivity index (χ3v) is 2.60. The summed E-state index contributed by atoms with van der Waals surface area (Å²) in [4.78, 5) is 10.6. The Balaban J connectivity index is 3.05. The van der Waals surface area contributed by atoms with Crippen LogP contribution < -0.4 is 11.2 Å². The zero-order valence-electron chi connectivity index (χ0n) is 9.05. The van der Waals surface area contributed by atoms with Crippen LogP contribution in [0.2, 0.25) is 0 Å². The molecule has 0 bridgehead atoms. The normalized spacial score (nSPS) is 12.9. The molecule has 5 nitrogen and oxygen atoms in total. The van der Waals surface area contributed by atoms with E-state index in [9.17, 15) is 4.91 Å². The minimum Gasteiger partial charge on any atom is -0.375 e. The molecule has 0 aromatic heterocycles. The summed E-state index contributed by atoms with van der Waals surface area (Å²) >= 11 is 7.98. The maximum Gasteiger partial charge on any atom is 0.184 e. The van der Waals surface area contributed by atoms with Gasteiger partial charge >= 0.3 is 0 Å². The molecule has 1 atom stereocenters. The molecule has 1 rings (SSSR count). The molecule has 1 aromatic carbocycles. The van der Waals surface area contributed by atoms with Crippen LogP contribution in [0.1, 0.15) is 12.5 Å². The first-order valence-corrected chi connectivity index (χ1v) is 5.96. The summed E-state index contributed by atoms with van der Waals surface area (Å²) in [5.74, 6) is 0. The van der Waals surface area contributed by atoms with Gasteiger partial charge in [0.1, 0.15) is 6.04 Å². The van der Waals surface area contributed by atoms with E-state index in [1.807, 2.05) is 24.3 Å². The smallest absolute Gasteiger partial charge is 0.184 e. The maximum atomic E-state index is 10.6. The number of rotatable bonds is 4. The molecule has 0 spiro atoms. The van der Waals surface area contributed by atoms with E-state index in [1.165, 1.54) is 0 Å². The number of nitrogens with one attached hydrogen (secondary N) is 1. The quantitative estimate of drug-likeness (QED) is 0.386. The molecular weight excluding hydrogens is 304 g/mol. The zero-order chi connectivity index (χ0) is 12.8. The van der Waals surface area contributed by atoms with Crippen LogP contribution in [0.3, 0.4) is 0 Å². The molecule has 90 valence electrons. The lowest BCUT2D eigenvalue weighted by Crippen LogP contribution is -2.28. The van der Waals surface area contributed by atoms with Crippen molar-refractivity contribution in [1.82, 2.24) is 5.43 Å². The summed E-state index contributed by atoms with van der Waals surface area (Å²) in [6.07, 6.45) is 0. The number of hydrogen-bond acceptors (Lipinski definition) is 4. The molecule has 0 aliphatic rings. The van der Waals surface area contributed by atoms with Gasteiger partial charge in [-0.15, -0.1) is 0 Å². The molecule has 0 heterocycles. The van der Waals surface area contributed by atoms with Gasteiger partial charge in [0.2, 0.25) is 0 Å². The third-order valence-electron chi connectivity index (χ3n) is 1.98. The molecule has 17 heavy (non-hydrogen) atoms. The fraction of sp³-hybridized carbons (Fsp3) is 0.200. The average molecular weight is 315 g/mol. The van der Waals surface area contributed by atoms with Crippen LogP contribution in [0.15, 0.2) is 39.0 Å². The number of hydrogen-bond donors (Lipinski definition) is 2. The van der Waals surface area contributed by atoms with Crippen molar-refractivity contribution < 1.29 is 0 Å². The van der Waals surface area contributed by atoms with Gasteiger partial charge in [0.05, 0.1) is 5.71 Å². The average Bonchev–Trinajstić information content (AvgIpc) is 2.30. The summed E-state index contributed by atoms with van der Waals surface area (Å²) in [6.45, 7) is 1.65. The van der Waals surface area contributed by atoms with E-state index >= 15 is 0 Å². The minimum absolute atomic E-state index is 0.0395. The van der Waals surface area contributed by atoms with Crippen LogP contribution in [0.5, 0.6) is 0 Å². The Morgan fingerprint density at radius 2 is 2.06 bits per heavy atom. The van der Waals surface area contributed by atoms with Crippen LogP contribution in [0, 0.1) is 4.91 Å². The maximum absolute atomic E-state index is 10.6. The van der Waals surface area contributed by atoms with Crippen molar-refractivity contribution in [3.63, 3.8) is 0 Å². The standard InChI is InChI=1S/C10H11BrN4OS/c1-6(15-16)9(13-14-10(12)17)7-2-4-8(11)5-3-7/h2-6H,1H3,(H3,12,14,17). The Hall–Kier alpha value is -1.34. The molecule has 0 aliphatic heterocycles. The van der Waals surface area contributed by atoms with Gasteiger partial charge in [0.15, 0.2) is 5.11 Å². The predicted molar refractivity (Wildman–Crippen MR) is 75.9 cm³/mol. The van der Waals surface area contributed by atoms with Gasteiger partial charge in [-0.05, 0) is 31.3 Å². The largest absolute Gasteiger partial charge is 0.375 e. The van der Waals surface area contributed by atoms with Gasteiger partial charge in [-0.1, -0.05) is 33.2 Å². The molecule has 0 saturated carbocycles. The molecule has 1 aromatic rings. The molecule has 3 N–H and O–H groups in total. The molecule has 0 amide bonds. The third kappa shape index (κ3) is 4.20. The number of nitrogens with zero attached hydrogens (tertiary/aromatic N) is 2. The van der Waals surface area contributed by atoms with E-state index in [0.717, 1.165) is 10.0 Å². The lowest BCUT2D eigenvalue weighted by molar-refractivity contribution is 0.923. The van der Waals surface area contributed by atoms with Crippen molar-refractivity contribution in [2.45, 2.75) is 13.0 Å². The van der Waals surface area contributed by atoms with E-state index in [0.29, 0.717) is 5.71 Å². The summed E-state index contributed by atoms with van der Waals surface area (Å²) in [6, 6.07) is 6.77. The van der Waals surface area contributed by atoms with Gasteiger partial charge in [-0.2, -0.15) is 10.0 Å². The second-order valence-electron chi connectivity index (χ2n) is 3.26. The predicted octanol–water partition coefficient (Wildman–Crippen LogP) is 2.14. The van der Waals surface area contributed by atoms with Gasteiger partial charge in [-0.3, -0.25) is 5.43 Å². The minimum atomic E-state index is -0.585. The van der Waals surface area contributed by atoms with Crippen LogP contribution in [-0.4, -0.2) is 16.9 Å². The van der Waals surface area contributed by atoms with E-state index in [4.69, 9.17) is 5.73 Å². The summed E-state index contributed by atoms with van der Waals surface area (Å²) in [7, 11) is 0. The molecule has 1 unspecified atom stereocenters. The van der Waals surface area contributed by atoms with E-state index in [2.05, 4.69) is 43.9 Å². The van der Waals surface area contributed by atoms with E-state index in [1.54, 1.807) is 6.92 Å². The van der Waals surface area contributed by atoms with Crippen LogP contribution in [0.4, 0.5) is 0 Å². The molecular formula is C10H11BrN4OS. The monoisotopic (exact) mass is 314 g/mol. The van der Waals surface area contributed by atoms with Crippen LogP contribution >= 0.6 is 28.1 Å². The number of hydrazone groups is 1. The van der Waals surface area contributed by atoms with Crippen LogP contribution in [-0.2, 0) is 0 Å². The lowest BCUT2D eigenvalue weighted by atomic mass is 10.1. The van der Waals surface area contributed by atoms with Gasteiger partial charge in [-0.25, -0.2) is 0 Å². The summed E-state index contributed by atoms with van der Waals surface area (Å²) in [5, 5.41) is 6.97. The van der Waals surface area contributed by atoms with Crippen molar-refractivity contribution in [2.24, 2.45) is 16.0 Å². The van der Waals surface area contributed by atoms with Crippen molar-refractivity contribution in [2.75, 3.05) is 0 Å². The SMILES string of the molecule is CC(N=O)C(=NNC(N)=S)c1ccc(Br)cc1. The Labute approximate surface area is 113 Å². The second-order valence-corrected chi connectivity index (χ2v) is 4.62. The fourth-order valence-electron chi connectivity index (χ4n) is 1.19. The molecule has 0 aliphatic carbocycles. The molecule has 7 heteroatoms. The lowest BCUT2D eigenvalue weighted by Gasteiger charge is -2.09. The first-order chi connectivity index (χ1) is 8.04. The molecule has 0 saturated heterocycles. The summed E-state index contributed by atoms with van der Waals surface area (Å²) in [5.41, 5.74) is 9.01. The van der Waals surface area contributed by atoms with Gasteiger partial charge < -0.3 is 5.73 Å². The fourth-order valence-corrected chi connectivity index (χ4v) is 1.50. The van der Waals surface area contributed by atoms with Crippen molar-refractivity contribution in [3.05, 3.63) is 39.2 Å². The van der Waals surface area contributed by atoms with Crippen molar-refractivity contribution in [1.29, 1.82) is 0 Å². The zero-order valence-corrected chi connectivity index (χ0v) is 11.5. The molecule has 0 radical (unpaired) electrons. The summed E-state index contributed by atoms with van der Waals surface area (Å²) < 4.78 is 0.939. The highest BCUT2D eigenvalue weighted by molar-refractivity contribution is 9.10. The number of nitrogens with two attached hydrogens (primary N) is 1. The van der Waals surface area contributed by atoms with Crippen LogP contribution in [0.25, 0.3) is 0 Å². The topological polar surface area (TPSA) is 79.8 Å². The first-order valence-electron chi connectivity index (χ1n) is 4.76. The number of benzene rings is 1. The van der Waals surface area contributed by atoms with Crippen molar-refractivity contribution >= 4 is 39.0 Å². The van der Waals surface area contributed by atoms with E-state index in [-0.39, 0.29) is 5.11 Å². The first kappa shape index (κ1) is 13.7. The molecule has 0 fully saturated rings. The number of halogens is 1. The number of nitroso groups, excluding NO2 is 1. The highest BCUT2D eigenvalue weighted by atomic mass is 79.9. The van der Waals surface area contributed by atoms with Gasteiger partial charge in [0.25, 0.3) is 0 Å². The van der Waals surface area contributed by atoms with Gasteiger partial charge in [0, 0.05) is 10.0 Å². The Morgan fingerprint density at radius 1 is 1.47 bits per heavy atom. The Kier molecular flexibility index (Phi) is 5.17.